The first kappa shape index (κ1) is 20.6. The molecule has 154 valence electrons. The number of piperazine rings is 1. The first-order valence-electron chi connectivity index (χ1n) is 10.2. The summed E-state index contributed by atoms with van der Waals surface area (Å²) in [6, 6.07) is 6.65. The van der Waals surface area contributed by atoms with Crippen molar-refractivity contribution in [3.8, 4) is 0 Å². The van der Waals surface area contributed by atoms with Gasteiger partial charge in [0.2, 0.25) is 0 Å². The summed E-state index contributed by atoms with van der Waals surface area (Å²) < 4.78 is 0. The number of hydrogen-bond acceptors (Lipinski definition) is 5. The number of benzene rings is 1. The molecule has 2 heterocycles. The van der Waals surface area contributed by atoms with Crippen molar-refractivity contribution < 1.29 is 9.59 Å². The van der Waals surface area contributed by atoms with Crippen LogP contribution in [0, 0.1) is 0 Å². The second kappa shape index (κ2) is 8.92. The Bertz CT molecular complexity index is 713. The second-order valence-electron chi connectivity index (χ2n) is 8.25. The number of carbonyl (C=O) groups is 2. The van der Waals surface area contributed by atoms with Gasteiger partial charge in [-0.3, -0.25) is 14.5 Å². The van der Waals surface area contributed by atoms with Crippen LogP contribution in [0.3, 0.4) is 0 Å². The minimum absolute atomic E-state index is 0.0552. The highest BCUT2D eigenvalue weighted by molar-refractivity contribution is 6.35. The Balaban J connectivity index is 1.74. The van der Waals surface area contributed by atoms with Gasteiger partial charge in [0.25, 0.3) is 0 Å². The number of nitrogens with one attached hydrogen (secondary N) is 2. The van der Waals surface area contributed by atoms with Crippen molar-refractivity contribution >= 4 is 17.5 Å². The normalized spacial score (nSPS) is 18.8. The maximum atomic E-state index is 12.2. The highest BCUT2D eigenvalue weighted by atomic mass is 16.2. The second-order valence-corrected chi connectivity index (χ2v) is 8.25. The molecule has 0 unspecified atom stereocenters. The predicted molar refractivity (Wildman–Crippen MR) is 112 cm³/mol. The molecule has 2 N–H and O–H groups in total. The number of nitrogens with zero attached hydrogens (tertiary/aromatic N) is 3. The summed E-state index contributed by atoms with van der Waals surface area (Å²) in [5, 5.41) is 5.51. The molecule has 0 aromatic heterocycles. The molecule has 0 aliphatic carbocycles. The van der Waals surface area contributed by atoms with Gasteiger partial charge in [0.1, 0.15) is 0 Å². The van der Waals surface area contributed by atoms with Crippen molar-refractivity contribution in [2.45, 2.75) is 32.4 Å². The average molecular weight is 388 g/mol. The van der Waals surface area contributed by atoms with Crippen LogP contribution in [-0.2, 0) is 16.0 Å². The van der Waals surface area contributed by atoms with Crippen LogP contribution in [-0.4, -0.2) is 81.0 Å². The third kappa shape index (κ3) is 4.83. The molecule has 2 aliphatic rings. The fourth-order valence-corrected chi connectivity index (χ4v) is 3.98. The summed E-state index contributed by atoms with van der Waals surface area (Å²) in [5.41, 5.74) is 3.87. The Morgan fingerprint density at radius 1 is 1.04 bits per heavy atom. The van der Waals surface area contributed by atoms with Crippen molar-refractivity contribution in [3.63, 3.8) is 0 Å². The first-order valence-corrected chi connectivity index (χ1v) is 10.2. The predicted octanol–water partition coefficient (Wildman–Crippen LogP) is 0.608. The maximum absolute atomic E-state index is 12.2. The number of likely N-dealkylation sites (N-methyl/N-ethyl adjacent to an activating group) is 2. The highest BCUT2D eigenvalue weighted by Crippen LogP contribution is 2.31. The Morgan fingerprint density at radius 2 is 1.75 bits per heavy atom. The molecular formula is C21H33N5O2. The zero-order valence-corrected chi connectivity index (χ0v) is 17.5. The lowest BCUT2D eigenvalue weighted by molar-refractivity contribution is -0.139. The van der Waals surface area contributed by atoms with Gasteiger partial charge in [-0.25, -0.2) is 0 Å². The van der Waals surface area contributed by atoms with E-state index in [-0.39, 0.29) is 12.1 Å². The maximum Gasteiger partial charge on any atom is 0.309 e. The molecule has 0 saturated carbocycles. The Hall–Kier alpha value is -2.12. The number of rotatable bonds is 5. The van der Waals surface area contributed by atoms with Gasteiger partial charge in [-0.1, -0.05) is 12.1 Å². The standard InChI is InChI=1S/C21H33N5O2/c1-15(2)23-21(28)20(27)22-14-19(26-11-9-24(3)10-12-26)16-5-6-18-17(13-16)7-8-25(18)4/h5-6,13,15,19H,7-12,14H2,1-4H3,(H,22,27)(H,23,28)/t19-/m0/s1. The van der Waals surface area contributed by atoms with E-state index in [9.17, 15) is 9.59 Å². The summed E-state index contributed by atoms with van der Waals surface area (Å²) in [4.78, 5) is 31.2. The summed E-state index contributed by atoms with van der Waals surface area (Å²) in [6.45, 7) is 9.09. The molecule has 28 heavy (non-hydrogen) atoms. The van der Waals surface area contributed by atoms with Gasteiger partial charge in [0.05, 0.1) is 6.04 Å². The zero-order chi connectivity index (χ0) is 20.3. The van der Waals surface area contributed by atoms with Crippen molar-refractivity contribution in [2.24, 2.45) is 0 Å². The van der Waals surface area contributed by atoms with Gasteiger partial charge in [-0.05, 0) is 44.5 Å². The quantitative estimate of drug-likeness (QED) is 0.725. The van der Waals surface area contributed by atoms with E-state index >= 15 is 0 Å². The molecule has 1 fully saturated rings. The summed E-state index contributed by atoms with van der Waals surface area (Å²) in [7, 11) is 4.26. The van der Waals surface area contributed by atoms with Gasteiger partial charge >= 0.3 is 11.8 Å². The molecule has 1 atom stereocenters. The van der Waals surface area contributed by atoms with Crippen molar-refractivity contribution in [1.82, 2.24) is 20.4 Å². The summed E-state index contributed by atoms with van der Waals surface area (Å²) in [6.07, 6.45) is 1.05. The van der Waals surface area contributed by atoms with Gasteiger partial charge in [0, 0.05) is 58.0 Å². The molecule has 0 bridgehead atoms. The molecule has 3 rings (SSSR count). The van der Waals surface area contributed by atoms with Crippen LogP contribution in [0.5, 0.6) is 0 Å². The van der Waals surface area contributed by atoms with Crippen molar-refractivity contribution in [1.29, 1.82) is 0 Å². The SMILES string of the molecule is CC(C)NC(=O)C(=O)NC[C@@H](c1ccc2c(c1)CCN2C)N1CCN(C)CC1. The van der Waals surface area contributed by atoms with E-state index in [0.717, 1.165) is 39.1 Å². The third-order valence-electron chi connectivity index (χ3n) is 5.68. The molecule has 1 aromatic rings. The minimum Gasteiger partial charge on any atom is -0.374 e. The van der Waals surface area contributed by atoms with Crippen LogP contribution in [0.25, 0.3) is 0 Å². The van der Waals surface area contributed by atoms with Gasteiger partial charge in [0.15, 0.2) is 0 Å². The number of hydrogen-bond donors (Lipinski definition) is 2. The molecule has 7 nitrogen and oxygen atoms in total. The molecule has 1 aromatic carbocycles. The van der Waals surface area contributed by atoms with Gasteiger partial charge in [-0.15, -0.1) is 0 Å². The summed E-state index contributed by atoms with van der Waals surface area (Å²) >= 11 is 0. The van der Waals surface area contributed by atoms with E-state index in [1.807, 2.05) is 13.8 Å². The van der Waals surface area contributed by atoms with Crippen molar-refractivity contribution in [2.75, 3.05) is 58.3 Å². The molecule has 0 radical (unpaired) electrons. The van der Waals surface area contributed by atoms with E-state index in [1.165, 1.54) is 16.8 Å². The molecule has 0 spiro atoms. The van der Waals surface area contributed by atoms with Crippen LogP contribution < -0.4 is 15.5 Å². The fraction of sp³-hybridized carbons (Fsp3) is 0.619. The molecule has 2 aliphatic heterocycles. The molecule has 7 heteroatoms. The zero-order valence-electron chi connectivity index (χ0n) is 17.5. The largest absolute Gasteiger partial charge is 0.374 e. The molecule has 1 saturated heterocycles. The fourth-order valence-electron chi connectivity index (χ4n) is 3.98. The van der Waals surface area contributed by atoms with Gasteiger partial charge < -0.3 is 20.4 Å². The van der Waals surface area contributed by atoms with Crippen LogP contribution >= 0.6 is 0 Å². The number of carbonyl (C=O) groups excluding carboxylic acids is 2. The van der Waals surface area contributed by atoms with E-state index in [1.54, 1.807) is 0 Å². The molecular weight excluding hydrogens is 354 g/mol. The topological polar surface area (TPSA) is 67.9 Å². The lowest BCUT2D eigenvalue weighted by Gasteiger charge is -2.38. The van der Waals surface area contributed by atoms with Crippen LogP contribution in [0.15, 0.2) is 18.2 Å². The van der Waals surface area contributed by atoms with Crippen LogP contribution in [0.4, 0.5) is 5.69 Å². The van der Waals surface area contributed by atoms with E-state index in [0.29, 0.717) is 6.54 Å². The Morgan fingerprint density at radius 3 is 2.43 bits per heavy atom. The third-order valence-corrected chi connectivity index (χ3v) is 5.68. The molecule has 2 amide bonds. The minimum atomic E-state index is -0.567. The highest BCUT2D eigenvalue weighted by Gasteiger charge is 2.27. The lowest BCUT2D eigenvalue weighted by atomic mass is 10.00. The van der Waals surface area contributed by atoms with Crippen LogP contribution in [0.1, 0.15) is 31.0 Å². The monoisotopic (exact) mass is 387 g/mol. The first-order chi connectivity index (χ1) is 13.3. The summed E-state index contributed by atoms with van der Waals surface area (Å²) in [5.74, 6) is -1.13. The van der Waals surface area contributed by atoms with Crippen LogP contribution in [0.2, 0.25) is 0 Å². The average Bonchev–Trinajstić information content (AvgIpc) is 3.03. The smallest absolute Gasteiger partial charge is 0.309 e. The van der Waals surface area contributed by atoms with Crippen molar-refractivity contribution in [3.05, 3.63) is 29.3 Å². The lowest BCUT2D eigenvalue weighted by Crippen LogP contribution is -2.50. The van der Waals surface area contributed by atoms with Gasteiger partial charge in [-0.2, -0.15) is 0 Å². The Kier molecular flexibility index (Phi) is 6.57. The van der Waals surface area contributed by atoms with E-state index in [2.05, 4.69) is 57.6 Å². The van der Waals surface area contributed by atoms with E-state index < -0.39 is 11.8 Å². The number of amides is 2. The number of anilines is 1. The van der Waals surface area contributed by atoms with E-state index in [4.69, 9.17) is 0 Å². The Labute approximate surface area is 168 Å². The number of fused-ring (bicyclic) bond motifs is 1.